The zero-order chi connectivity index (χ0) is 11.8. The Bertz CT molecular complexity index is 646. The Labute approximate surface area is 114 Å². The van der Waals surface area contributed by atoms with Crippen LogP contribution in [0.5, 0.6) is 5.06 Å². The van der Waals surface area contributed by atoms with Gasteiger partial charge in [-0.3, -0.25) is 0 Å². The number of rotatable bonds is 2. The Morgan fingerprint density at radius 1 is 1.28 bits per heavy atom. The summed E-state index contributed by atoms with van der Waals surface area (Å²) in [5.41, 5.74) is 3.84. The van der Waals surface area contributed by atoms with Gasteiger partial charge in [-0.1, -0.05) is 0 Å². The number of fused-ring (bicyclic) bond motifs is 1. The topological polar surface area (TPSA) is 63.7 Å². The van der Waals surface area contributed by atoms with Gasteiger partial charge < -0.3 is 9.72 Å². The van der Waals surface area contributed by atoms with Crippen molar-refractivity contribution in [2.24, 2.45) is 0 Å². The maximum atomic E-state index is 5.34. The minimum Gasteiger partial charge on any atom is -0.487 e. The van der Waals surface area contributed by atoms with Gasteiger partial charge in [-0.2, -0.15) is 10.2 Å². The van der Waals surface area contributed by atoms with E-state index >= 15 is 0 Å². The maximum Gasteiger partial charge on any atom is 0.184 e. The van der Waals surface area contributed by atoms with Gasteiger partial charge in [0.1, 0.15) is 11.3 Å². The average Bonchev–Trinajstić information content (AvgIpc) is 2.91. The molecule has 3 aromatic heterocycles. The Kier molecular flexibility index (Phi) is 3.49. The number of nitrogens with zero attached hydrogens (tertiary/aromatic N) is 3. The Balaban J connectivity index is 0.00000120. The molecule has 0 atom stereocenters. The highest BCUT2D eigenvalue weighted by Crippen LogP contribution is 2.37. The molecule has 3 rings (SSSR count). The number of methoxy groups -OCH3 is 1. The van der Waals surface area contributed by atoms with Crippen molar-refractivity contribution >= 4 is 34.8 Å². The first-order valence-electron chi connectivity index (χ1n) is 5.08. The first-order valence-corrected chi connectivity index (χ1v) is 5.96. The van der Waals surface area contributed by atoms with E-state index in [-0.39, 0.29) is 12.4 Å². The van der Waals surface area contributed by atoms with Crippen LogP contribution in [0.4, 0.5) is 0 Å². The molecule has 0 radical (unpaired) electrons. The predicted molar refractivity (Wildman–Crippen MR) is 73.5 cm³/mol. The summed E-state index contributed by atoms with van der Waals surface area (Å²) >= 11 is 1.57. The highest BCUT2D eigenvalue weighted by Gasteiger charge is 2.15. The molecule has 1 N–H and O–H groups in total. The lowest BCUT2D eigenvalue weighted by atomic mass is 10.2. The third-order valence-electron chi connectivity index (χ3n) is 2.56. The van der Waals surface area contributed by atoms with E-state index in [2.05, 4.69) is 25.5 Å². The van der Waals surface area contributed by atoms with Crippen LogP contribution in [0.25, 0.3) is 22.4 Å². The number of H-pyrrole nitrogens is 1. The zero-order valence-electron chi connectivity index (χ0n) is 9.80. The minimum atomic E-state index is 0. The fourth-order valence-electron chi connectivity index (χ4n) is 1.75. The molecule has 0 aromatic carbocycles. The fraction of sp³-hybridized carbons (Fsp3) is 0.182. The molecule has 7 heteroatoms. The summed E-state index contributed by atoms with van der Waals surface area (Å²) in [5.74, 6) is 0.797. The van der Waals surface area contributed by atoms with Crippen LogP contribution in [0, 0.1) is 6.92 Å². The number of hydrogen-bond acceptors (Lipinski definition) is 5. The van der Waals surface area contributed by atoms with Crippen molar-refractivity contribution in [1.82, 2.24) is 20.2 Å². The van der Waals surface area contributed by atoms with Gasteiger partial charge in [-0.25, -0.2) is 4.98 Å². The molecule has 94 valence electrons. The monoisotopic (exact) mass is 282 g/mol. The summed E-state index contributed by atoms with van der Waals surface area (Å²) < 4.78 is 5.34. The number of aryl methyl sites for hydroxylation is 1. The van der Waals surface area contributed by atoms with Crippen LogP contribution in [-0.4, -0.2) is 27.3 Å². The summed E-state index contributed by atoms with van der Waals surface area (Å²) in [6.45, 7) is 2.04. The molecular weight excluding hydrogens is 272 g/mol. The molecule has 0 bridgehead atoms. The largest absolute Gasteiger partial charge is 0.487 e. The average molecular weight is 283 g/mol. The van der Waals surface area contributed by atoms with E-state index < -0.39 is 0 Å². The highest BCUT2D eigenvalue weighted by molar-refractivity contribution is 7.12. The molecule has 0 saturated heterocycles. The lowest BCUT2D eigenvalue weighted by Gasteiger charge is -2.00. The number of ether oxygens (including phenoxy) is 1. The van der Waals surface area contributed by atoms with Gasteiger partial charge in [0, 0.05) is 0 Å². The molecule has 0 aliphatic carbocycles. The number of hydrogen-bond donors (Lipinski definition) is 1. The summed E-state index contributed by atoms with van der Waals surface area (Å²) in [6, 6.07) is 0. The van der Waals surface area contributed by atoms with E-state index in [1.807, 2.05) is 6.92 Å². The molecule has 3 aromatic rings. The van der Waals surface area contributed by atoms with Crippen molar-refractivity contribution in [3.05, 3.63) is 23.3 Å². The second-order valence-electron chi connectivity index (χ2n) is 3.66. The quantitative estimate of drug-likeness (QED) is 0.785. The highest BCUT2D eigenvalue weighted by atomic mass is 35.5. The van der Waals surface area contributed by atoms with Crippen LogP contribution in [0.15, 0.2) is 17.8 Å². The first-order chi connectivity index (χ1) is 8.29. The Morgan fingerprint density at radius 2 is 2.06 bits per heavy atom. The predicted octanol–water partition coefficient (Wildman–Crippen LogP) is 2.82. The van der Waals surface area contributed by atoms with Gasteiger partial charge >= 0.3 is 0 Å². The zero-order valence-corrected chi connectivity index (χ0v) is 11.4. The van der Waals surface area contributed by atoms with Crippen molar-refractivity contribution in [2.45, 2.75) is 6.92 Å². The van der Waals surface area contributed by atoms with Crippen molar-refractivity contribution in [2.75, 3.05) is 7.11 Å². The summed E-state index contributed by atoms with van der Waals surface area (Å²) in [4.78, 5) is 7.72. The van der Waals surface area contributed by atoms with E-state index in [0.29, 0.717) is 0 Å². The van der Waals surface area contributed by atoms with Gasteiger partial charge in [0.15, 0.2) is 5.06 Å². The van der Waals surface area contributed by atoms with Crippen molar-refractivity contribution < 1.29 is 4.74 Å². The summed E-state index contributed by atoms with van der Waals surface area (Å²) in [6.07, 6.45) is 3.31. The number of halogens is 1. The van der Waals surface area contributed by atoms with Gasteiger partial charge in [-0.15, -0.1) is 23.7 Å². The number of aromatic amines is 1. The first kappa shape index (κ1) is 12.8. The molecule has 5 nitrogen and oxygen atoms in total. The van der Waals surface area contributed by atoms with Crippen LogP contribution in [0.2, 0.25) is 0 Å². The molecule has 0 unspecified atom stereocenters. The Hall–Kier alpha value is -1.66. The fourth-order valence-corrected chi connectivity index (χ4v) is 2.62. The van der Waals surface area contributed by atoms with Crippen LogP contribution >= 0.6 is 23.7 Å². The molecule has 3 heterocycles. The van der Waals surface area contributed by atoms with Crippen molar-refractivity contribution in [3.8, 4) is 16.5 Å². The minimum absolute atomic E-state index is 0. The smallest absolute Gasteiger partial charge is 0.184 e. The SMILES string of the molecule is COc1scc(C)c1-c1nc2cnncc2[nH]1.Cl. The van der Waals surface area contributed by atoms with Crippen molar-refractivity contribution in [1.29, 1.82) is 0 Å². The lowest BCUT2D eigenvalue weighted by molar-refractivity contribution is 0.428. The van der Waals surface area contributed by atoms with Crippen LogP contribution in [-0.2, 0) is 0 Å². The van der Waals surface area contributed by atoms with Gasteiger partial charge in [0.05, 0.1) is 30.6 Å². The number of imidazole rings is 1. The normalized spacial score (nSPS) is 10.3. The molecule has 0 spiro atoms. The molecule has 18 heavy (non-hydrogen) atoms. The van der Waals surface area contributed by atoms with E-state index in [9.17, 15) is 0 Å². The molecule has 0 fully saturated rings. The van der Waals surface area contributed by atoms with E-state index in [1.165, 1.54) is 0 Å². The summed E-state index contributed by atoms with van der Waals surface area (Å²) in [7, 11) is 1.67. The van der Waals surface area contributed by atoms with Crippen LogP contribution in [0.1, 0.15) is 5.56 Å². The van der Waals surface area contributed by atoms with Crippen LogP contribution in [0.3, 0.4) is 0 Å². The van der Waals surface area contributed by atoms with Gasteiger partial charge in [0.25, 0.3) is 0 Å². The third-order valence-corrected chi connectivity index (χ3v) is 3.61. The summed E-state index contributed by atoms with van der Waals surface area (Å²) in [5, 5.41) is 10.6. The van der Waals surface area contributed by atoms with E-state index in [0.717, 1.165) is 33.0 Å². The van der Waals surface area contributed by atoms with Crippen molar-refractivity contribution in [3.63, 3.8) is 0 Å². The number of nitrogens with one attached hydrogen (secondary N) is 1. The maximum absolute atomic E-state index is 5.34. The second-order valence-corrected chi connectivity index (χ2v) is 4.50. The molecular formula is C11H11ClN4OS. The van der Waals surface area contributed by atoms with E-state index in [1.54, 1.807) is 30.8 Å². The second kappa shape index (κ2) is 4.91. The molecule has 0 saturated carbocycles. The number of thiophene rings is 1. The lowest BCUT2D eigenvalue weighted by Crippen LogP contribution is -1.86. The van der Waals surface area contributed by atoms with E-state index in [4.69, 9.17) is 4.74 Å². The Morgan fingerprint density at radius 3 is 2.78 bits per heavy atom. The third kappa shape index (κ3) is 1.93. The molecule has 0 aliphatic heterocycles. The van der Waals surface area contributed by atoms with Crippen LogP contribution < -0.4 is 4.74 Å². The van der Waals surface area contributed by atoms with Gasteiger partial charge in [-0.05, 0) is 17.9 Å². The number of aromatic nitrogens is 4. The molecule has 0 aliphatic rings. The standard InChI is InChI=1S/C11H10N4OS.ClH/c1-6-5-17-11(16-2)9(6)10-14-7-3-12-13-4-8(7)15-10;/h3-5H,1-2H3,(H,14,15);1H. The molecule has 0 amide bonds. The van der Waals surface area contributed by atoms with Gasteiger partial charge in [0.2, 0.25) is 0 Å².